The lowest BCUT2D eigenvalue weighted by molar-refractivity contribution is -0.144. The van der Waals surface area contributed by atoms with E-state index >= 15 is 0 Å². The Morgan fingerprint density at radius 1 is 0.839 bits per heavy atom. The minimum Gasteiger partial charge on any atom is -0.391 e. The predicted molar refractivity (Wildman–Crippen MR) is 369 cm³/mol. The number of aryl methyl sites for hydroxylation is 2. The number of β-amino-alcohol motifs (C(OH)–C–C–N with tert-alkyl or cyclic N) is 1. The van der Waals surface area contributed by atoms with Gasteiger partial charge in [0, 0.05) is 105 Å². The number of carbonyl (C=O) groups is 5. The molecule has 6 aromatic rings. The van der Waals surface area contributed by atoms with E-state index in [4.69, 9.17) is 16.3 Å². The number of nitrogens with one attached hydrogen (secondary N) is 2. The third-order valence-corrected chi connectivity index (χ3v) is 22.3. The second-order valence-electron chi connectivity index (χ2n) is 26.3. The number of hydrogen-bond acceptors (Lipinski definition) is 15. The Balaban J connectivity index is 0.721. The third kappa shape index (κ3) is 18.2. The van der Waals surface area contributed by atoms with Crippen molar-refractivity contribution >= 4 is 85.4 Å². The molecule has 3 saturated heterocycles. The molecule has 4 aliphatic heterocycles. The number of aromatic nitrogens is 1. The van der Waals surface area contributed by atoms with Crippen LogP contribution in [0.25, 0.3) is 16.0 Å². The lowest BCUT2D eigenvalue weighted by atomic mass is 9.85. The van der Waals surface area contributed by atoms with Gasteiger partial charge in [-0.05, 0) is 157 Å². The smallest absolute Gasteiger partial charge is 0.264 e. The highest BCUT2D eigenvalue weighted by Crippen LogP contribution is 2.35. The first-order valence-electron chi connectivity index (χ1n) is 32.3. The molecule has 5 heterocycles. The standard InChI is InChI=1S/C72H87ClN8O9S3/c1-48-38-62(25-20-56(48)40-51(26-28-77-34-36-90-37-35-77)46-91-61-10-8-7-9-11-61)93(88,89)76-70(86)55-18-23-59(24-19-55)79-32-30-78(31-33-79)43-57-44-80(29-27-63(57)53-16-21-58(73)22-17-53)67(85)42-66(84)75-69(72(4,5)6)71(87)81-45-60(82)41-64(81)65(83)39-49(2)52-12-14-54(15-13-52)68-50(3)74-47-92-68/h7-25,38,47,49,51,60,64,69,82H,26-37,39-46H2,1-6H3,(H,75,84)(H,76,86)/t49-,51+,60-,64+,69-/m1/s1. The molecule has 0 radical (unpaired) electrons. The number of carbonyl (C=O) groups excluding carboxylic acids is 5. The maximum atomic E-state index is 14.6. The van der Waals surface area contributed by atoms with Crippen LogP contribution in [0.1, 0.15) is 104 Å². The summed E-state index contributed by atoms with van der Waals surface area (Å²) in [5.74, 6) is -1.19. The van der Waals surface area contributed by atoms with Gasteiger partial charge < -0.3 is 29.9 Å². The van der Waals surface area contributed by atoms with Crippen molar-refractivity contribution < 1.29 is 42.2 Å². The second-order valence-corrected chi connectivity index (χ2v) is 30.4. The first-order valence-corrected chi connectivity index (χ1v) is 36.1. The number of aliphatic hydroxyl groups is 1. The van der Waals surface area contributed by atoms with Gasteiger partial charge in [-0.1, -0.05) is 100.0 Å². The fourth-order valence-corrected chi connectivity index (χ4v) is 16.0. The van der Waals surface area contributed by atoms with Crippen molar-refractivity contribution in [3.05, 3.63) is 171 Å². The molecule has 494 valence electrons. The topological polar surface area (TPSA) is 202 Å². The van der Waals surface area contributed by atoms with Gasteiger partial charge in [-0.3, -0.25) is 33.8 Å². The number of halogens is 1. The summed E-state index contributed by atoms with van der Waals surface area (Å²) in [5.41, 5.74) is 10.2. The average Bonchev–Trinajstić information content (AvgIpc) is 1.85. The van der Waals surface area contributed by atoms with Crippen LogP contribution in [0.4, 0.5) is 5.69 Å². The number of Topliss-reactive ketones (excluding diaryl/α,β-unsaturated/α-hetero) is 1. The maximum Gasteiger partial charge on any atom is 0.264 e. The van der Waals surface area contributed by atoms with Crippen molar-refractivity contribution in [3.63, 3.8) is 0 Å². The van der Waals surface area contributed by atoms with Gasteiger partial charge in [0.15, 0.2) is 5.78 Å². The zero-order valence-electron chi connectivity index (χ0n) is 54.2. The van der Waals surface area contributed by atoms with Crippen LogP contribution in [0, 0.1) is 25.2 Å². The molecule has 0 saturated carbocycles. The minimum atomic E-state index is -4.18. The summed E-state index contributed by atoms with van der Waals surface area (Å²) in [7, 11) is -4.18. The van der Waals surface area contributed by atoms with Gasteiger partial charge in [-0.25, -0.2) is 18.1 Å². The van der Waals surface area contributed by atoms with Crippen LogP contribution in [0.5, 0.6) is 0 Å². The van der Waals surface area contributed by atoms with E-state index in [1.54, 1.807) is 40.5 Å². The summed E-state index contributed by atoms with van der Waals surface area (Å²) in [6.45, 7) is 19.6. The highest BCUT2D eigenvalue weighted by atomic mass is 35.5. The number of thioether (sulfide) groups is 1. The van der Waals surface area contributed by atoms with Crippen LogP contribution < -0.4 is 14.9 Å². The summed E-state index contributed by atoms with van der Waals surface area (Å²) in [5, 5.41) is 14.4. The maximum absolute atomic E-state index is 14.6. The van der Waals surface area contributed by atoms with Gasteiger partial charge >= 0.3 is 0 Å². The van der Waals surface area contributed by atoms with Crippen molar-refractivity contribution in [2.24, 2.45) is 11.3 Å². The van der Waals surface area contributed by atoms with Gasteiger partial charge in [0.05, 0.1) is 46.3 Å². The van der Waals surface area contributed by atoms with Crippen molar-refractivity contribution in [3.8, 4) is 10.4 Å². The zero-order valence-corrected chi connectivity index (χ0v) is 57.4. The molecule has 4 aliphatic rings. The van der Waals surface area contributed by atoms with Gasteiger partial charge in [-0.2, -0.15) is 0 Å². The molecular weight excluding hydrogens is 1250 g/mol. The number of morpholine rings is 1. The van der Waals surface area contributed by atoms with E-state index < -0.39 is 57.8 Å². The number of ether oxygens (including phenoxy) is 1. The number of anilines is 1. The van der Waals surface area contributed by atoms with Crippen LogP contribution >= 0.6 is 34.7 Å². The fraction of sp³-hybridized carbons (Fsp3) is 0.444. The molecule has 4 amide bonds. The monoisotopic (exact) mass is 1340 g/mol. The van der Waals surface area contributed by atoms with Crippen molar-refractivity contribution in [2.45, 2.75) is 114 Å². The summed E-state index contributed by atoms with van der Waals surface area (Å²) < 4.78 is 35.3. The second kappa shape index (κ2) is 31.2. The lowest BCUT2D eigenvalue weighted by Gasteiger charge is -2.39. The molecule has 93 heavy (non-hydrogen) atoms. The number of amides is 4. The van der Waals surface area contributed by atoms with Gasteiger partial charge in [-0.15, -0.1) is 23.1 Å². The van der Waals surface area contributed by atoms with Crippen LogP contribution in [-0.2, 0) is 40.4 Å². The number of piperazine rings is 1. The van der Waals surface area contributed by atoms with Gasteiger partial charge in [0.2, 0.25) is 17.7 Å². The molecule has 3 fully saturated rings. The van der Waals surface area contributed by atoms with Crippen LogP contribution in [0.15, 0.2) is 142 Å². The number of hydrogen-bond donors (Lipinski definition) is 3. The molecule has 0 spiro atoms. The molecular formula is C72H87ClN8O9S3. The number of likely N-dealkylation sites (tertiary alicyclic amines) is 1. The first-order chi connectivity index (χ1) is 44.5. The minimum absolute atomic E-state index is 0.0366. The van der Waals surface area contributed by atoms with Crippen molar-refractivity contribution in [1.82, 2.24) is 34.6 Å². The van der Waals surface area contributed by atoms with Crippen LogP contribution in [-0.4, -0.2) is 177 Å². The van der Waals surface area contributed by atoms with E-state index in [1.807, 2.05) is 132 Å². The molecule has 21 heteroatoms. The summed E-state index contributed by atoms with van der Waals surface area (Å²) in [6, 6.07) is 36.3. The molecule has 1 aromatic heterocycles. The molecule has 3 N–H and O–H groups in total. The summed E-state index contributed by atoms with van der Waals surface area (Å²) in [4.78, 5) is 87.2. The Bertz CT molecular complexity index is 3740. The Hall–Kier alpha value is -6.75. The molecule has 0 aliphatic carbocycles. The Morgan fingerprint density at radius 3 is 2.20 bits per heavy atom. The van der Waals surface area contributed by atoms with E-state index in [-0.39, 0.29) is 47.5 Å². The van der Waals surface area contributed by atoms with E-state index in [1.165, 1.54) is 9.80 Å². The zero-order chi connectivity index (χ0) is 66.0. The molecule has 0 unspecified atom stereocenters. The number of thiazole rings is 1. The SMILES string of the molecule is Cc1cc(S(=O)(=O)NC(=O)c2ccc(N3CCN(CC4=C(c5ccc(Cl)cc5)CCN(C(=O)CC(=O)N[C@H](C(=O)N5C[C@H](O)C[C@H]5C(=O)C[C@@H](C)c5ccc(-c6scnc6C)cc5)C(C)(C)C)C4)CC3)cc2)ccc1C[C@H](CCN1CCOCC1)CSc1ccccc1. The van der Waals surface area contributed by atoms with Crippen molar-refractivity contribution in [1.29, 1.82) is 0 Å². The highest BCUT2D eigenvalue weighted by molar-refractivity contribution is 7.99. The Kier molecular flexibility index (Phi) is 23.2. The number of rotatable bonds is 24. The lowest BCUT2D eigenvalue weighted by Crippen LogP contribution is -2.57. The number of aliphatic hydroxyl groups excluding tert-OH is 1. The largest absolute Gasteiger partial charge is 0.391 e. The van der Waals surface area contributed by atoms with E-state index in [0.717, 1.165) is 107 Å². The number of ketones is 1. The number of sulfonamides is 1. The van der Waals surface area contributed by atoms with Gasteiger partial charge in [0.1, 0.15) is 12.5 Å². The van der Waals surface area contributed by atoms with Crippen LogP contribution in [0.3, 0.4) is 0 Å². The van der Waals surface area contributed by atoms with Gasteiger partial charge in [0.25, 0.3) is 15.9 Å². The number of benzene rings is 5. The quantitative estimate of drug-likeness (QED) is 0.0382. The van der Waals surface area contributed by atoms with E-state index in [9.17, 15) is 37.5 Å². The number of nitrogens with zero attached hydrogens (tertiary/aromatic N) is 6. The molecule has 10 rings (SSSR count). The summed E-state index contributed by atoms with van der Waals surface area (Å²) in [6.07, 6.45) is 1.23. The van der Waals surface area contributed by atoms with E-state index in [2.05, 4.69) is 54.0 Å². The van der Waals surface area contributed by atoms with E-state index in [0.29, 0.717) is 63.2 Å². The first kappa shape index (κ1) is 69.1. The Labute approximate surface area is 561 Å². The van der Waals surface area contributed by atoms with Crippen molar-refractivity contribution in [2.75, 3.05) is 95.9 Å². The highest BCUT2D eigenvalue weighted by Gasteiger charge is 2.45. The normalized spacial score (nSPS) is 18.7. The molecule has 17 nitrogen and oxygen atoms in total. The average molecular weight is 1340 g/mol. The molecule has 5 aromatic carbocycles. The summed E-state index contributed by atoms with van der Waals surface area (Å²) >= 11 is 9.76. The molecule has 0 bridgehead atoms. The van der Waals surface area contributed by atoms with Crippen LogP contribution in [0.2, 0.25) is 5.02 Å². The molecule has 5 atom stereocenters. The Morgan fingerprint density at radius 2 is 1.54 bits per heavy atom. The third-order valence-electron chi connectivity index (χ3n) is 18.5. The predicted octanol–water partition coefficient (Wildman–Crippen LogP) is 10.3. The fourth-order valence-electron chi connectivity index (χ4n) is 13.0.